The van der Waals surface area contributed by atoms with Gasteiger partial charge in [-0.05, 0) is 42.9 Å². The van der Waals surface area contributed by atoms with Crippen molar-refractivity contribution in [3.63, 3.8) is 0 Å². The van der Waals surface area contributed by atoms with Crippen LogP contribution in [-0.4, -0.2) is 30.9 Å². The monoisotopic (exact) mass is 292 g/mol. The van der Waals surface area contributed by atoms with E-state index in [1.807, 2.05) is 24.3 Å². The number of anilines is 1. The fourth-order valence-electron chi connectivity index (χ4n) is 2.77. The van der Waals surface area contributed by atoms with Gasteiger partial charge in [0.05, 0.1) is 12.7 Å². The van der Waals surface area contributed by atoms with Gasteiger partial charge in [0.25, 0.3) is 0 Å². The van der Waals surface area contributed by atoms with Crippen LogP contribution in [0.2, 0.25) is 0 Å². The number of rotatable bonds is 5. The third-order valence-electron chi connectivity index (χ3n) is 3.80. The lowest BCUT2D eigenvalue weighted by atomic mass is 9.87. The molecule has 116 valence electrons. The Balaban J connectivity index is 1.77. The van der Waals surface area contributed by atoms with Crippen LogP contribution in [0.1, 0.15) is 31.2 Å². The molecular weight excluding hydrogens is 268 g/mol. The lowest BCUT2D eigenvalue weighted by Gasteiger charge is -2.25. The van der Waals surface area contributed by atoms with Crippen LogP contribution < -0.4 is 10.6 Å². The first kappa shape index (κ1) is 15.8. The van der Waals surface area contributed by atoms with Crippen LogP contribution in [-0.2, 0) is 11.3 Å². The molecule has 1 aliphatic carbocycles. The number of hydrogen-bond donors (Lipinski definition) is 3. The number of amides is 2. The molecule has 2 amide bonds. The van der Waals surface area contributed by atoms with Crippen LogP contribution in [0.3, 0.4) is 0 Å². The molecule has 21 heavy (non-hydrogen) atoms. The smallest absolute Gasteiger partial charge is 0.319 e. The molecule has 5 nitrogen and oxygen atoms in total. The van der Waals surface area contributed by atoms with E-state index < -0.39 is 0 Å². The van der Waals surface area contributed by atoms with E-state index >= 15 is 0 Å². The molecule has 1 saturated carbocycles. The summed E-state index contributed by atoms with van der Waals surface area (Å²) < 4.78 is 5.07. The summed E-state index contributed by atoms with van der Waals surface area (Å²) in [4.78, 5) is 11.9. The number of nitrogens with one attached hydrogen (secondary N) is 2. The molecule has 3 N–H and O–H groups in total. The number of carbonyl (C=O) groups excluding carboxylic acids is 1. The summed E-state index contributed by atoms with van der Waals surface area (Å²) in [5.41, 5.74) is 1.77. The van der Waals surface area contributed by atoms with Gasteiger partial charge in [0.2, 0.25) is 0 Å². The first-order chi connectivity index (χ1) is 10.2. The van der Waals surface area contributed by atoms with Crippen molar-refractivity contribution in [2.24, 2.45) is 5.92 Å². The van der Waals surface area contributed by atoms with Crippen molar-refractivity contribution in [2.45, 2.75) is 38.4 Å². The van der Waals surface area contributed by atoms with Crippen molar-refractivity contribution in [2.75, 3.05) is 19.0 Å². The average Bonchev–Trinajstić information content (AvgIpc) is 2.46. The van der Waals surface area contributed by atoms with Crippen molar-refractivity contribution in [3.05, 3.63) is 29.8 Å². The molecule has 0 bridgehead atoms. The predicted molar refractivity (Wildman–Crippen MR) is 82.1 cm³/mol. The number of hydrogen-bond acceptors (Lipinski definition) is 3. The zero-order valence-electron chi connectivity index (χ0n) is 12.5. The van der Waals surface area contributed by atoms with Crippen LogP contribution >= 0.6 is 0 Å². The van der Waals surface area contributed by atoms with Crippen molar-refractivity contribution in [3.8, 4) is 0 Å². The van der Waals surface area contributed by atoms with Crippen molar-refractivity contribution < 1.29 is 14.6 Å². The van der Waals surface area contributed by atoms with Gasteiger partial charge in [-0.25, -0.2) is 4.79 Å². The zero-order chi connectivity index (χ0) is 15.1. The van der Waals surface area contributed by atoms with E-state index in [9.17, 15) is 9.90 Å². The van der Waals surface area contributed by atoms with Gasteiger partial charge in [-0.1, -0.05) is 18.6 Å². The van der Waals surface area contributed by atoms with Crippen LogP contribution in [0.4, 0.5) is 10.5 Å². The third-order valence-corrected chi connectivity index (χ3v) is 3.80. The maximum Gasteiger partial charge on any atom is 0.319 e. The van der Waals surface area contributed by atoms with E-state index in [0.29, 0.717) is 19.1 Å². The fourth-order valence-corrected chi connectivity index (χ4v) is 2.77. The van der Waals surface area contributed by atoms with Gasteiger partial charge in [0, 0.05) is 19.3 Å². The molecule has 0 aliphatic heterocycles. The zero-order valence-corrected chi connectivity index (χ0v) is 12.5. The van der Waals surface area contributed by atoms with E-state index in [2.05, 4.69) is 10.6 Å². The van der Waals surface area contributed by atoms with E-state index in [1.165, 1.54) is 0 Å². The van der Waals surface area contributed by atoms with Gasteiger partial charge < -0.3 is 20.5 Å². The number of ether oxygens (including phenoxy) is 1. The summed E-state index contributed by atoms with van der Waals surface area (Å²) in [5, 5.41) is 15.3. The summed E-state index contributed by atoms with van der Waals surface area (Å²) in [7, 11) is 1.64. The molecule has 1 aromatic carbocycles. The molecule has 5 heteroatoms. The molecule has 1 fully saturated rings. The summed E-state index contributed by atoms with van der Waals surface area (Å²) in [6.07, 6.45) is 3.56. The number of methoxy groups -OCH3 is 1. The Kier molecular flexibility index (Phi) is 6.02. The van der Waals surface area contributed by atoms with Gasteiger partial charge in [-0.15, -0.1) is 0 Å². The molecule has 0 radical (unpaired) electrons. The van der Waals surface area contributed by atoms with Crippen molar-refractivity contribution in [1.82, 2.24) is 5.32 Å². The molecule has 1 aliphatic rings. The number of aliphatic hydroxyl groups is 1. The summed E-state index contributed by atoms with van der Waals surface area (Å²) in [6.45, 7) is 1.14. The van der Waals surface area contributed by atoms with Crippen molar-refractivity contribution >= 4 is 11.7 Å². The maximum absolute atomic E-state index is 11.9. The second kappa shape index (κ2) is 8.00. The van der Waals surface area contributed by atoms with Gasteiger partial charge in [-0.2, -0.15) is 0 Å². The Morgan fingerprint density at radius 2 is 2.29 bits per heavy atom. The van der Waals surface area contributed by atoms with Gasteiger partial charge in [-0.3, -0.25) is 0 Å². The molecule has 1 aromatic rings. The van der Waals surface area contributed by atoms with E-state index in [0.717, 1.165) is 36.9 Å². The summed E-state index contributed by atoms with van der Waals surface area (Å²) in [6, 6.07) is 7.39. The van der Waals surface area contributed by atoms with Gasteiger partial charge >= 0.3 is 6.03 Å². The Hall–Kier alpha value is -1.59. The molecule has 0 spiro atoms. The molecule has 2 unspecified atom stereocenters. The lowest BCUT2D eigenvalue weighted by molar-refractivity contribution is 0.101. The predicted octanol–water partition coefficient (Wildman–Crippen LogP) is 2.51. The van der Waals surface area contributed by atoms with E-state index in [-0.39, 0.29) is 12.1 Å². The highest BCUT2D eigenvalue weighted by molar-refractivity contribution is 5.89. The van der Waals surface area contributed by atoms with Crippen LogP contribution in [0.15, 0.2) is 24.3 Å². The van der Waals surface area contributed by atoms with E-state index in [1.54, 1.807) is 7.11 Å². The van der Waals surface area contributed by atoms with Gasteiger partial charge in [0.15, 0.2) is 0 Å². The van der Waals surface area contributed by atoms with Crippen LogP contribution in [0, 0.1) is 5.92 Å². The number of urea groups is 1. The fraction of sp³-hybridized carbons (Fsp3) is 0.562. The highest BCUT2D eigenvalue weighted by atomic mass is 16.5. The summed E-state index contributed by atoms with van der Waals surface area (Å²) in [5.74, 6) is 0.374. The molecular formula is C16H24N2O3. The minimum atomic E-state index is -0.209. The van der Waals surface area contributed by atoms with Crippen LogP contribution in [0.25, 0.3) is 0 Å². The lowest BCUT2D eigenvalue weighted by Crippen LogP contribution is -2.35. The highest BCUT2D eigenvalue weighted by Crippen LogP contribution is 2.23. The Morgan fingerprint density at radius 3 is 3.05 bits per heavy atom. The minimum absolute atomic E-state index is 0.204. The average molecular weight is 292 g/mol. The number of carbonyl (C=O) groups is 1. The normalized spacial score (nSPS) is 21.8. The Labute approximate surface area is 125 Å². The standard InChI is InChI=1S/C16H24N2O3/c1-21-11-13-5-2-6-14(8-13)18-16(20)17-10-12-4-3-7-15(19)9-12/h2,5-6,8,12,15,19H,3-4,7,9-11H2,1H3,(H2,17,18,20). The molecule has 2 atom stereocenters. The molecule has 0 aromatic heterocycles. The Morgan fingerprint density at radius 1 is 1.43 bits per heavy atom. The van der Waals surface area contributed by atoms with Crippen molar-refractivity contribution in [1.29, 1.82) is 0 Å². The number of benzene rings is 1. The second-order valence-corrected chi connectivity index (χ2v) is 5.65. The minimum Gasteiger partial charge on any atom is -0.393 e. The first-order valence-corrected chi connectivity index (χ1v) is 7.48. The molecule has 2 rings (SSSR count). The third kappa shape index (κ3) is 5.36. The SMILES string of the molecule is COCc1cccc(NC(=O)NCC2CCCC(O)C2)c1. The largest absolute Gasteiger partial charge is 0.393 e. The maximum atomic E-state index is 11.9. The Bertz CT molecular complexity index is 465. The topological polar surface area (TPSA) is 70.6 Å². The van der Waals surface area contributed by atoms with Gasteiger partial charge in [0.1, 0.15) is 0 Å². The number of aliphatic hydroxyl groups excluding tert-OH is 1. The quantitative estimate of drug-likeness (QED) is 0.781. The second-order valence-electron chi connectivity index (χ2n) is 5.65. The van der Waals surface area contributed by atoms with E-state index in [4.69, 9.17) is 4.74 Å². The van der Waals surface area contributed by atoms with Crippen LogP contribution in [0.5, 0.6) is 0 Å². The first-order valence-electron chi connectivity index (χ1n) is 7.48. The summed E-state index contributed by atoms with van der Waals surface area (Å²) >= 11 is 0. The molecule has 0 saturated heterocycles. The molecule has 0 heterocycles. The highest BCUT2D eigenvalue weighted by Gasteiger charge is 2.20.